The summed E-state index contributed by atoms with van der Waals surface area (Å²) in [7, 11) is 0. The van der Waals surface area contributed by atoms with E-state index in [9.17, 15) is 4.39 Å². The zero-order valence-electron chi connectivity index (χ0n) is 6.66. The minimum atomic E-state index is -0.257. The number of nitrogens with zero attached hydrogens (tertiary/aromatic N) is 3. The van der Waals surface area contributed by atoms with Crippen LogP contribution in [-0.4, -0.2) is 14.5 Å². The summed E-state index contributed by atoms with van der Waals surface area (Å²) in [5.41, 5.74) is 0.657. The highest BCUT2D eigenvalue weighted by atomic mass is 19.1. The van der Waals surface area contributed by atoms with Gasteiger partial charge in [-0.05, 0) is 6.92 Å². The molecule has 12 heavy (non-hydrogen) atoms. The second-order valence-corrected chi connectivity index (χ2v) is 2.52. The fourth-order valence-electron chi connectivity index (χ4n) is 1.23. The Labute approximate surface area is 68.9 Å². The van der Waals surface area contributed by atoms with Crippen LogP contribution in [0, 0.1) is 5.82 Å². The Morgan fingerprint density at radius 2 is 2.42 bits per heavy atom. The molecule has 62 valence electrons. The molecule has 0 amide bonds. The molecule has 4 heteroatoms. The summed E-state index contributed by atoms with van der Waals surface area (Å²) in [6, 6.07) is 0. The molecule has 0 aliphatic carbocycles. The molecular weight excluding hydrogens is 157 g/mol. The van der Waals surface area contributed by atoms with E-state index >= 15 is 0 Å². The number of hydrogen-bond donors (Lipinski definition) is 0. The van der Waals surface area contributed by atoms with E-state index in [-0.39, 0.29) is 5.82 Å². The summed E-state index contributed by atoms with van der Waals surface area (Å²) in [6.45, 7) is 2.67. The minimum Gasteiger partial charge on any atom is -0.330 e. The molecule has 0 bridgehead atoms. The van der Waals surface area contributed by atoms with Crippen LogP contribution >= 0.6 is 0 Å². The Morgan fingerprint density at radius 1 is 1.58 bits per heavy atom. The van der Waals surface area contributed by atoms with Gasteiger partial charge in [-0.25, -0.2) is 14.4 Å². The number of hydrogen-bond acceptors (Lipinski definition) is 2. The van der Waals surface area contributed by atoms with E-state index in [1.165, 1.54) is 18.7 Å². The van der Waals surface area contributed by atoms with Gasteiger partial charge in [-0.15, -0.1) is 0 Å². The standard InChI is InChI=1S/C8H8FN3/c1-2-12-4-7(9)6-3-10-5-11-8(6)12/h3-5H,2H2,1H3. The quantitative estimate of drug-likeness (QED) is 0.642. The minimum absolute atomic E-state index is 0.257. The molecule has 0 saturated heterocycles. The Balaban J connectivity index is 2.82. The van der Waals surface area contributed by atoms with E-state index in [4.69, 9.17) is 0 Å². The van der Waals surface area contributed by atoms with Crippen molar-refractivity contribution in [2.45, 2.75) is 13.5 Å². The van der Waals surface area contributed by atoms with Gasteiger partial charge < -0.3 is 4.57 Å². The van der Waals surface area contributed by atoms with Gasteiger partial charge in [0.2, 0.25) is 0 Å². The highest BCUT2D eigenvalue weighted by Crippen LogP contribution is 2.15. The maximum absolute atomic E-state index is 13.1. The number of aromatic nitrogens is 3. The molecule has 0 atom stereocenters. The lowest BCUT2D eigenvalue weighted by Crippen LogP contribution is -1.92. The van der Waals surface area contributed by atoms with Crippen molar-refractivity contribution < 1.29 is 4.39 Å². The van der Waals surface area contributed by atoms with E-state index in [1.807, 2.05) is 6.92 Å². The van der Waals surface area contributed by atoms with Crippen molar-refractivity contribution in [1.29, 1.82) is 0 Å². The second kappa shape index (κ2) is 2.55. The third kappa shape index (κ3) is 0.879. The summed E-state index contributed by atoms with van der Waals surface area (Å²) in [5.74, 6) is -0.257. The summed E-state index contributed by atoms with van der Waals surface area (Å²) < 4.78 is 14.8. The van der Waals surface area contributed by atoms with Gasteiger partial charge in [0.1, 0.15) is 12.0 Å². The van der Waals surface area contributed by atoms with Gasteiger partial charge in [0.15, 0.2) is 5.82 Å². The normalized spacial score (nSPS) is 10.8. The van der Waals surface area contributed by atoms with Crippen molar-refractivity contribution in [2.75, 3.05) is 0 Å². The maximum atomic E-state index is 13.1. The third-order valence-corrected chi connectivity index (χ3v) is 1.83. The lowest BCUT2D eigenvalue weighted by atomic mass is 10.4. The van der Waals surface area contributed by atoms with E-state index < -0.39 is 0 Å². The molecule has 0 unspecified atom stereocenters. The highest BCUT2D eigenvalue weighted by molar-refractivity contribution is 5.75. The average Bonchev–Trinajstić information content (AvgIpc) is 2.44. The molecule has 0 saturated carbocycles. The molecule has 0 N–H and O–H groups in total. The molecule has 0 aliphatic heterocycles. The molecule has 0 radical (unpaired) electrons. The van der Waals surface area contributed by atoms with Crippen molar-refractivity contribution in [1.82, 2.24) is 14.5 Å². The first-order valence-corrected chi connectivity index (χ1v) is 3.77. The van der Waals surface area contributed by atoms with E-state index in [1.54, 1.807) is 4.57 Å². The maximum Gasteiger partial charge on any atom is 0.151 e. The van der Waals surface area contributed by atoms with Crippen LogP contribution in [0.2, 0.25) is 0 Å². The van der Waals surface area contributed by atoms with Crippen molar-refractivity contribution in [3.05, 3.63) is 24.5 Å². The molecule has 0 spiro atoms. The van der Waals surface area contributed by atoms with Gasteiger partial charge in [0, 0.05) is 18.9 Å². The predicted molar refractivity (Wildman–Crippen MR) is 43.2 cm³/mol. The first kappa shape index (κ1) is 7.21. The molecule has 2 aromatic rings. The lowest BCUT2D eigenvalue weighted by molar-refractivity contribution is 0.627. The molecule has 0 aliphatic rings. The summed E-state index contributed by atoms with van der Waals surface area (Å²) in [6.07, 6.45) is 4.36. The molecule has 0 fully saturated rings. The van der Waals surface area contributed by atoms with Crippen LogP contribution in [0.1, 0.15) is 6.92 Å². The largest absolute Gasteiger partial charge is 0.330 e. The van der Waals surface area contributed by atoms with Crippen LogP contribution in [-0.2, 0) is 6.54 Å². The highest BCUT2D eigenvalue weighted by Gasteiger charge is 2.06. The second-order valence-electron chi connectivity index (χ2n) is 2.52. The SMILES string of the molecule is CCn1cc(F)c2cncnc21. The smallest absolute Gasteiger partial charge is 0.151 e. The number of aryl methyl sites for hydroxylation is 1. The van der Waals surface area contributed by atoms with Crippen LogP contribution in [0.5, 0.6) is 0 Å². The summed E-state index contributed by atoms with van der Waals surface area (Å²) >= 11 is 0. The van der Waals surface area contributed by atoms with Crippen molar-refractivity contribution in [2.24, 2.45) is 0 Å². The fraction of sp³-hybridized carbons (Fsp3) is 0.250. The first-order chi connectivity index (χ1) is 5.83. The van der Waals surface area contributed by atoms with Gasteiger partial charge in [-0.2, -0.15) is 0 Å². The van der Waals surface area contributed by atoms with Gasteiger partial charge in [0.05, 0.1) is 5.39 Å². The van der Waals surface area contributed by atoms with Gasteiger partial charge in [0.25, 0.3) is 0 Å². The fourth-order valence-corrected chi connectivity index (χ4v) is 1.23. The zero-order valence-corrected chi connectivity index (χ0v) is 6.66. The molecule has 2 aromatic heterocycles. The Morgan fingerprint density at radius 3 is 3.17 bits per heavy atom. The van der Waals surface area contributed by atoms with Crippen LogP contribution in [0.15, 0.2) is 18.7 Å². The van der Waals surface area contributed by atoms with Gasteiger partial charge in [-0.3, -0.25) is 0 Å². The van der Waals surface area contributed by atoms with Crippen LogP contribution in [0.25, 0.3) is 11.0 Å². The van der Waals surface area contributed by atoms with E-state index in [0.717, 1.165) is 6.54 Å². The topological polar surface area (TPSA) is 30.7 Å². The van der Waals surface area contributed by atoms with Gasteiger partial charge in [-0.1, -0.05) is 0 Å². The lowest BCUT2D eigenvalue weighted by Gasteiger charge is -1.95. The Hall–Kier alpha value is -1.45. The molecule has 3 nitrogen and oxygen atoms in total. The molecule has 2 heterocycles. The van der Waals surface area contributed by atoms with Crippen molar-refractivity contribution >= 4 is 11.0 Å². The number of rotatable bonds is 1. The van der Waals surface area contributed by atoms with Crippen LogP contribution in [0.3, 0.4) is 0 Å². The first-order valence-electron chi connectivity index (χ1n) is 3.77. The zero-order chi connectivity index (χ0) is 8.55. The summed E-state index contributed by atoms with van der Waals surface area (Å²) in [5, 5.41) is 0.486. The number of halogens is 1. The predicted octanol–water partition coefficient (Wildman–Crippen LogP) is 1.59. The Bertz CT molecular complexity index is 408. The van der Waals surface area contributed by atoms with Crippen molar-refractivity contribution in [3.63, 3.8) is 0 Å². The van der Waals surface area contributed by atoms with Gasteiger partial charge >= 0.3 is 0 Å². The monoisotopic (exact) mass is 165 g/mol. The Kier molecular flexibility index (Phi) is 1.53. The summed E-state index contributed by atoms with van der Waals surface area (Å²) in [4.78, 5) is 7.74. The molecular formula is C8H8FN3. The van der Waals surface area contributed by atoms with Crippen LogP contribution < -0.4 is 0 Å². The number of fused-ring (bicyclic) bond motifs is 1. The third-order valence-electron chi connectivity index (χ3n) is 1.83. The van der Waals surface area contributed by atoms with Crippen molar-refractivity contribution in [3.8, 4) is 0 Å². The molecule has 2 rings (SSSR count). The van der Waals surface area contributed by atoms with Crippen LogP contribution in [0.4, 0.5) is 4.39 Å². The van der Waals surface area contributed by atoms with E-state index in [2.05, 4.69) is 9.97 Å². The molecule has 0 aromatic carbocycles. The van der Waals surface area contributed by atoms with E-state index in [0.29, 0.717) is 11.0 Å². The average molecular weight is 165 g/mol.